The zero-order chi connectivity index (χ0) is 19.7. The van der Waals surface area contributed by atoms with Gasteiger partial charge in [0.05, 0.1) is 12.7 Å². The van der Waals surface area contributed by atoms with E-state index in [-0.39, 0.29) is 5.75 Å². The average molecular weight is 401 g/mol. The first-order valence-corrected chi connectivity index (χ1v) is 9.63. The number of benzene rings is 1. The smallest absolute Gasteiger partial charge is 0.413 e. The molecule has 0 spiro atoms. The largest absolute Gasteiger partial charge is 0.456 e. The van der Waals surface area contributed by atoms with E-state index in [0.717, 1.165) is 11.8 Å². The van der Waals surface area contributed by atoms with Crippen LogP contribution in [0.15, 0.2) is 47.5 Å². The third-order valence-electron chi connectivity index (χ3n) is 3.87. The highest BCUT2D eigenvalue weighted by atomic mass is 31.2. The van der Waals surface area contributed by atoms with E-state index in [0.29, 0.717) is 4.57 Å². The third-order valence-corrected chi connectivity index (χ3v) is 4.84. The maximum Gasteiger partial charge on any atom is 0.456 e. The first-order chi connectivity index (χ1) is 12.7. The minimum Gasteiger partial charge on any atom is -0.413 e. The molecule has 2 aromatic rings. The van der Waals surface area contributed by atoms with Gasteiger partial charge in [0.15, 0.2) is 0 Å². The molecule has 2 heterocycles. The van der Waals surface area contributed by atoms with Gasteiger partial charge in [-0.1, -0.05) is 17.7 Å². The van der Waals surface area contributed by atoms with Gasteiger partial charge in [-0.15, -0.1) is 0 Å². The van der Waals surface area contributed by atoms with Crippen molar-refractivity contribution in [3.05, 3.63) is 58.8 Å². The number of aryl methyl sites for hydroxylation is 1. The maximum atomic E-state index is 14.2. The molecule has 0 radical (unpaired) electrons. The van der Waals surface area contributed by atoms with Gasteiger partial charge < -0.3 is 9.26 Å². The Kier molecular flexibility index (Phi) is 5.43. The second-order valence-corrected chi connectivity index (χ2v) is 7.65. The van der Waals surface area contributed by atoms with Crippen LogP contribution in [0.1, 0.15) is 18.2 Å². The summed E-state index contributed by atoms with van der Waals surface area (Å²) in [4.78, 5) is 15.1. The summed E-state index contributed by atoms with van der Waals surface area (Å²) in [5.41, 5.74) is 5.61. The van der Waals surface area contributed by atoms with Crippen LogP contribution in [0.5, 0.6) is 5.75 Å². The maximum absolute atomic E-state index is 14.2. The summed E-state index contributed by atoms with van der Waals surface area (Å²) in [6, 6.07) is 7.92. The van der Waals surface area contributed by atoms with E-state index < -0.39 is 44.7 Å². The van der Waals surface area contributed by atoms with Gasteiger partial charge in [0, 0.05) is 18.8 Å². The number of alkyl halides is 2. The second kappa shape index (κ2) is 7.47. The molecule has 11 heteroatoms. The summed E-state index contributed by atoms with van der Waals surface area (Å²) < 4.78 is 56.7. The molecule has 0 bridgehead atoms. The highest BCUT2D eigenvalue weighted by Crippen LogP contribution is 2.45. The van der Waals surface area contributed by atoms with E-state index in [4.69, 9.17) is 19.3 Å². The second-order valence-electron chi connectivity index (χ2n) is 6.13. The quantitative estimate of drug-likeness (QED) is 0.742. The summed E-state index contributed by atoms with van der Waals surface area (Å²) in [6.45, 7) is 1.38. The molecule has 146 valence electrons. The van der Waals surface area contributed by atoms with Gasteiger partial charge in [-0.25, -0.2) is 28.6 Å². The Balaban J connectivity index is 1.63. The summed E-state index contributed by atoms with van der Waals surface area (Å²) in [5, 5.41) is 0. The predicted molar refractivity (Wildman–Crippen MR) is 91.5 cm³/mol. The van der Waals surface area contributed by atoms with Gasteiger partial charge in [0.2, 0.25) is 6.23 Å². The van der Waals surface area contributed by atoms with Gasteiger partial charge in [-0.2, -0.15) is 0 Å². The zero-order valence-corrected chi connectivity index (χ0v) is 15.2. The fourth-order valence-electron chi connectivity index (χ4n) is 2.61. The monoisotopic (exact) mass is 401 g/mol. The van der Waals surface area contributed by atoms with Gasteiger partial charge >= 0.3 is 13.4 Å². The van der Waals surface area contributed by atoms with Crippen LogP contribution in [0.4, 0.5) is 8.78 Å². The van der Waals surface area contributed by atoms with Crippen LogP contribution >= 0.6 is 7.75 Å². The number of aromatic nitrogens is 2. The van der Waals surface area contributed by atoms with Crippen LogP contribution in [0.3, 0.4) is 0 Å². The summed E-state index contributed by atoms with van der Waals surface area (Å²) in [5.74, 6) is -3.11. The Morgan fingerprint density at radius 2 is 2.11 bits per heavy atom. The molecule has 3 rings (SSSR count). The summed E-state index contributed by atoms with van der Waals surface area (Å²) in [7, 11) is -4.03. The van der Waals surface area contributed by atoms with Crippen molar-refractivity contribution in [1.29, 1.82) is 0 Å². The van der Waals surface area contributed by atoms with E-state index in [2.05, 4.69) is 4.98 Å². The molecule has 0 amide bonds. The SMILES string of the molecule is Cc1ccc(OP(N)(=O)OCC2CC(F)(F)C(n3cccnc3=O)O2)cc1. The number of halogens is 2. The van der Waals surface area contributed by atoms with Crippen molar-refractivity contribution in [1.82, 2.24) is 9.55 Å². The van der Waals surface area contributed by atoms with Crippen molar-refractivity contribution in [2.24, 2.45) is 5.50 Å². The molecule has 3 unspecified atom stereocenters. The highest BCUT2D eigenvalue weighted by molar-refractivity contribution is 7.51. The number of hydrogen-bond acceptors (Lipinski definition) is 6. The van der Waals surface area contributed by atoms with Crippen LogP contribution in [-0.2, 0) is 13.8 Å². The zero-order valence-electron chi connectivity index (χ0n) is 14.3. The topological polar surface area (TPSA) is 106 Å². The van der Waals surface area contributed by atoms with Gasteiger partial charge in [-0.3, -0.25) is 9.09 Å². The Labute approximate surface area is 153 Å². The molecule has 1 aromatic carbocycles. The number of nitrogens with zero attached hydrogens (tertiary/aromatic N) is 2. The minimum absolute atomic E-state index is 0.226. The molecule has 0 saturated carbocycles. The molecule has 3 atom stereocenters. The van der Waals surface area contributed by atoms with Crippen molar-refractivity contribution >= 4 is 7.75 Å². The van der Waals surface area contributed by atoms with Crippen molar-refractivity contribution in [2.75, 3.05) is 6.61 Å². The number of ether oxygens (including phenoxy) is 1. The van der Waals surface area contributed by atoms with Gasteiger partial charge in [-0.05, 0) is 25.1 Å². The Bertz CT molecular complexity index is 905. The summed E-state index contributed by atoms with van der Waals surface area (Å²) in [6.07, 6.45) is -1.34. The van der Waals surface area contributed by atoms with Gasteiger partial charge in [0.1, 0.15) is 5.75 Å². The normalized spacial score (nSPS) is 23.7. The molecule has 2 N–H and O–H groups in total. The Hall–Kier alpha value is -2.13. The fourth-order valence-corrected chi connectivity index (χ4v) is 3.45. The lowest BCUT2D eigenvalue weighted by atomic mass is 10.2. The third kappa shape index (κ3) is 4.78. The molecule has 1 fully saturated rings. The lowest BCUT2D eigenvalue weighted by molar-refractivity contribution is -0.119. The fraction of sp³-hybridized carbons (Fsp3) is 0.375. The number of nitrogens with two attached hydrogens (primary N) is 1. The van der Waals surface area contributed by atoms with E-state index in [1.54, 1.807) is 24.3 Å². The van der Waals surface area contributed by atoms with E-state index in [1.807, 2.05) is 6.92 Å². The minimum atomic E-state index is -4.03. The van der Waals surface area contributed by atoms with Crippen molar-refractivity contribution < 1.29 is 27.1 Å². The van der Waals surface area contributed by atoms with E-state index in [9.17, 15) is 18.1 Å². The number of rotatable bonds is 6. The molecule has 27 heavy (non-hydrogen) atoms. The van der Waals surface area contributed by atoms with Crippen LogP contribution in [0.2, 0.25) is 0 Å². The molecule has 1 aliphatic heterocycles. The standard InChI is InChI=1S/C16H18F2N3O5P/c1-11-3-5-12(6-4-11)26-27(19,23)24-10-13-9-16(17,18)14(25-13)21-8-2-7-20-15(21)22/h2-8,13-14H,9-10H2,1H3,(H2,19,23). The lowest BCUT2D eigenvalue weighted by Gasteiger charge is -2.19. The molecule has 1 saturated heterocycles. The molecule has 1 aliphatic rings. The molecular weight excluding hydrogens is 383 g/mol. The van der Waals surface area contributed by atoms with Crippen LogP contribution in [0, 0.1) is 6.92 Å². The molecular formula is C16H18F2N3O5P. The Morgan fingerprint density at radius 1 is 1.41 bits per heavy atom. The lowest BCUT2D eigenvalue weighted by Crippen LogP contribution is -2.34. The highest BCUT2D eigenvalue weighted by Gasteiger charge is 2.52. The molecule has 8 nitrogen and oxygen atoms in total. The first kappa shape index (κ1) is 19.6. The van der Waals surface area contributed by atoms with Crippen LogP contribution < -0.4 is 15.7 Å². The van der Waals surface area contributed by atoms with E-state index >= 15 is 0 Å². The average Bonchev–Trinajstić information content (AvgIpc) is 2.90. The van der Waals surface area contributed by atoms with Crippen LogP contribution in [-0.4, -0.2) is 28.2 Å². The first-order valence-electron chi connectivity index (χ1n) is 8.02. The van der Waals surface area contributed by atoms with Crippen molar-refractivity contribution in [2.45, 2.75) is 31.6 Å². The van der Waals surface area contributed by atoms with Crippen LogP contribution in [0.25, 0.3) is 0 Å². The Morgan fingerprint density at radius 3 is 2.78 bits per heavy atom. The van der Waals surface area contributed by atoms with Crippen molar-refractivity contribution in [3.63, 3.8) is 0 Å². The van der Waals surface area contributed by atoms with Gasteiger partial charge in [0.25, 0.3) is 5.92 Å². The number of hydrogen-bond donors (Lipinski definition) is 1. The van der Waals surface area contributed by atoms with Crippen molar-refractivity contribution in [3.8, 4) is 5.75 Å². The molecule has 1 aromatic heterocycles. The van der Waals surface area contributed by atoms with E-state index in [1.165, 1.54) is 12.3 Å². The molecule has 0 aliphatic carbocycles. The summed E-state index contributed by atoms with van der Waals surface area (Å²) >= 11 is 0. The predicted octanol–water partition coefficient (Wildman–Crippen LogP) is 2.64.